The number of amides is 2. The molecule has 1 aliphatic rings. The maximum Gasteiger partial charge on any atom is 0.275 e. The topological polar surface area (TPSA) is 89.6 Å². The maximum absolute atomic E-state index is 12.4. The van der Waals surface area contributed by atoms with E-state index >= 15 is 0 Å². The van der Waals surface area contributed by atoms with Gasteiger partial charge in [0.2, 0.25) is 5.91 Å². The Bertz CT molecular complexity index is 756. The van der Waals surface area contributed by atoms with Gasteiger partial charge >= 0.3 is 0 Å². The number of nitrogens with zero attached hydrogens (tertiary/aromatic N) is 1. The molecule has 1 aromatic carbocycles. The van der Waals surface area contributed by atoms with E-state index in [9.17, 15) is 9.59 Å². The van der Waals surface area contributed by atoms with Crippen LogP contribution < -0.4 is 15.4 Å². The van der Waals surface area contributed by atoms with Crippen LogP contribution in [0.3, 0.4) is 0 Å². The summed E-state index contributed by atoms with van der Waals surface area (Å²) in [6, 6.07) is 7.23. The van der Waals surface area contributed by atoms with Gasteiger partial charge in [0.05, 0.1) is 11.8 Å². The smallest absolute Gasteiger partial charge is 0.275 e. The van der Waals surface area contributed by atoms with E-state index < -0.39 is 0 Å². The van der Waals surface area contributed by atoms with Crippen LogP contribution in [0, 0.1) is 0 Å². The number of para-hydroxylation sites is 2. The van der Waals surface area contributed by atoms with Gasteiger partial charge in [-0.05, 0) is 25.0 Å². The lowest BCUT2D eigenvalue weighted by molar-refractivity contribution is -0.114. The first-order chi connectivity index (χ1) is 12.1. The number of aromatic nitrogens is 1. The van der Waals surface area contributed by atoms with Gasteiger partial charge in [-0.15, -0.1) is 11.3 Å². The van der Waals surface area contributed by atoms with E-state index in [1.807, 2.05) is 12.1 Å². The van der Waals surface area contributed by atoms with Gasteiger partial charge in [-0.1, -0.05) is 12.1 Å². The molecule has 25 heavy (non-hydrogen) atoms. The quantitative estimate of drug-likeness (QED) is 0.826. The zero-order valence-electron chi connectivity index (χ0n) is 13.8. The number of nitrogens with one attached hydrogen (secondary N) is 2. The van der Waals surface area contributed by atoms with Crippen LogP contribution in [-0.2, 0) is 9.53 Å². The molecule has 3 rings (SSSR count). The highest BCUT2D eigenvalue weighted by atomic mass is 32.1. The van der Waals surface area contributed by atoms with Crippen LogP contribution in [0.4, 0.5) is 10.8 Å². The monoisotopic (exact) mass is 361 g/mol. The maximum atomic E-state index is 12.4. The second-order valence-electron chi connectivity index (χ2n) is 5.62. The normalized spacial score (nSPS) is 16.4. The van der Waals surface area contributed by atoms with Crippen molar-refractivity contribution in [3.63, 3.8) is 0 Å². The van der Waals surface area contributed by atoms with Gasteiger partial charge in [-0.25, -0.2) is 4.98 Å². The van der Waals surface area contributed by atoms with Gasteiger partial charge < -0.3 is 20.1 Å². The molecule has 7 nitrogen and oxygen atoms in total. The minimum Gasteiger partial charge on any atom is -0.489 e. The third-order valence-electron chi connectivity index (χ3n) is 3.60. The molecular formula is C17H19N3O4S. The van der Waals surface area contributed by atoms with Gasteiger partial charge in [-0.3, -0.25) is 9.59 Å². The zero-order chi connectivity index (χ0) is 17.6. The molecule has 0 bridgehead atoms. The molecule has 0 spiro atoms. The summed E-state index contributed by atoms with van der Waals surface area (Å²) in [5.74, 6) is -0.00105. The van der Waals surface area contributed by atoms with Crippen molar-refractivity contribution in [1.82, 2.24) is 4.98 Å². The molecule has 1 fully saturated rings. The fraction of sp³-hybridized carbons (Fsp3) is 0.353. The lowest BCUT2D eigenvalue weighted by Gasteiger charge is -2.14. The largest absolute Gasteiger partial charge is 0.489 e. The average Bonchev–Trinajstić information content (AvgIpc) is 3.25. The third kappa shape index (κ3) is 4.77. The van der Waals surface area contributed by atoms with Gasteiger partial charge in [0.15, 0.2) is 5.13 Å². The summed E-state index contributed by atoms with van der Waals surface area (Å²) in [4.78, 5) is 27.5. The predicted octanol–water partition coefficient (Wildman–Crippen LogP) is 2.91. The first kappa shape index (κ1) is 17.4. The molecule has 0 radical (unpaired) electrons. The highest BCUT2D eigenvalue weighted by Gasteiger charge is 2.18. The number of hydrogen-bond donors (Lipinski definition) is 2. The zero-order valence-corrected chi connectivity index (χ0v) is 14.6. The number of ether oxygens (including phenoxy) is 2. The van der Waals surface area contributed by atoms with Crippen molar-refractivity contribution >= 4 is 34.0 Å². The summed E-state index contributed by atoms with van der Waals surface area (Å²) >= 11 is 1.20. The third-order valence-corrected chi connectivity index (χ3v) is 4.36. The van der Waals surface area contributed by atoms with E-state index in [0.717, 1.165) is 19.4 Å². The number of rotatable bonds is 6. The van der Waals surface area contributed by atoms with Gasteiger partial charge in [0, 0.05) is 18.9 Å². The number of carbonyl (C=O) groups excluding carboxylic acids is 2. The molecule has 2 amide bonds. The summed E-state index contributed by atoms with van der Waals surface area (Å²) in [6.07, 6.45) is 2.13. The van der Waals surface area contributed by atoms with E-state index in [1.165, 1.54) is 18.3 Å². The number of carbonyl (C=O) groups is 2. The molecule has 1 aromatic heterocycles. The van der Waals surface area contributed by atoms with Crippen molar-refractivity contribution in [2.24, 2.45) is 0 Å². The minimum absolute atomic E-state index is 0.0995. The summed E-state index contributed by atoms with van der Waals surface area (Å²) in [5.41, 5.74) is 0.808. The number of benzene rings is 1. The Labute approximate surface area is 149 Å². The van der Waals surface area contributed by atoms with Crippen molar-refractivity contribution in [3.05, 3.63) is 35.3 Å². The molecule has 1 atom stereocenters. The van der Waals surface area contributed by atoms with Crippen LogP contribution in [-0.4, -0.2) is 36.1 Å². The van der Waals surface area contributed by atoms with Crippen molar-refractivity contribution in [2.45, 2.75) is 25.9 Å². The predicted molar refractivity (Wildman–Crippen MR) is 95.3 cm³/mol. The van der Waals surface area contributed by atoms with E-state index in [-0.39, 0.29) is 23.6 Å². The molecular weight excluding hydrogens is 342 g/mol. The fourth-order valence-corrected chi connectivity index (χ4v) is 3.16. The van der Waals surface area contributed by atoms with Crippen molar-refractivity contribution in [1.29, 1.82) is 0 Å². The Kier molecular flexibility index (Phi) is 5.62. The van der Waals surface area contributed by atoms with Crippen LogP contribution in [0.2, 0.25) is 0 Å². The highest BCUT2D eigenvalue weighted by molar-refractivity contribution is 7.14. The fourth-order valence-electron chi connectivity index (χ4n) is 2.43. The van der Waals surface area contributed by atoms with E-state index in [4.69, 9.17) is 9.47 Å². The Morgan fingerprint density at radius 1 is 1.36 bits per heavy atom. The van der Waals surface area contributed by atoms with Gasteiger partial charge in [0.1, 0.15) is 18.1 Å². The number of anilines is 2. The van der Waals surface area contributed by atoms with Crippen molar-refractivity contribution < 1.29 is 19.1 Å². The second-order valence-corrected chi connectivity index (χ2v) is 6.47. The standard InChI is InChI=1S/C17H19N3O4S/c1-11(21)18-17-20-14(10-25-17)16(22)19-13-6-2-3-7-15(13)24-9-12-5-4-8-23-12/h2-3,6-7,10,12H,4-5,8-9H2,1H3,(H,19,22)(H,18,20,21)/t12-/m1/s1. The Hall–Kier alpha value is -2.45. The lowest BCUT2D eigenvalue weighted by Crippen LogP contribution is -2.18. The van der Waals surface area contributed by atoms with E-state index in [2.05, 4.69) is 15.6 Å². The first-order valence-corrected chi connectivity index (χ1v) is 8.87. The Balaban J connectivity index is 1.64. The molecule has 0 aliphatic carbocycles. The number of hydrogen-bond acceptors (Lipinski definition) is 6. The Morgan fingerprint density at radius 2 is 2.20 bits per heavy atom. The van der Waals surface area contributed by atoms with Crippen LogP contribution >= 0.6 is 11.3 Å². The molecule has 8 heteroatoms. The molecule has 2 aromatic rings. The van der Waals surface area contributed by atoms with Gasteiger partial charge in [0.25, 0.3) is 5.91 Å². The molecule has 1 aliphatic heterocycles. The number of thiazole rings is 1. The van der Waals surface area contributed by atoms with Crippen molar-refractivity contribution in [2.75, 3.05) is 23.8 Å². The molecule has 0 unspecified atom stereocenters. The summed E-state index contributed by atoms with van der Waals surface area (Å²) in [7, 11) is 0. The van der Waals surface area contributed by atoms with Gasteiger partial charge in [-0.2, -0.15) is 0 Å². The van der Waals surface area contributed by atoms with E-state index in [0.29, 0.717) is 23.2 Å². The van der Waals surface area contributed by atoms with Crippen LogP contribution in [0.15, 0.2) is 29.6 Å². The first-order valence-electron chi connectivity index (χ1n) is 7.99. The summed E-state index contributed by atoms with van der Waals surface area (Å²) in [6.45, 7) is 2.62. The van der Waals surface area contributed by atoms with Crippen LogP contribution in [0.5, 0.6) is 5.75 Å². The molecule has 132 valence electrons. The second kappa shape index (κ2) is 8.09. The molecule has 2 heterocycles. The molecule has 1 saturated heterocycles. The highest BCUT2D eigenvalue weighted by Crippen LogP contribution is 2.26. The average molecular weight is 361 g/mol. The molecule has 2 N–H and O–H groups in total. The molecule has 0 saturated carbocycles. The lowest BCUT2D eigenvalue weighted by atomic mass is 10.2. The summed E-state index contributed by atoms with van der Waals surface area (Å²) in [5, 5.41) is 7.34. The van der Waals surface area contributed by atoms with Crippen LogP contribution in [0.25, 0.3) is 0 Å². The summed E-state index contributed by atoms with van der Waals surface area (Å²) < 4.78 is 11.3. The van der Waals surface area contributed by atoms with Crippen molar-refractivity contribution in [3.8, 4) is 5.75 Å². The van der Waals surface area contributed by atoms with Crippen LogP contribution in [0.1, 0.15) is 30.3 Å². The minimum atomic E-state index is -0.360. The van der Waals surface area contributed by atoms with E-state index in [1.54, 1.807) is 17.5 Å². The SMILES string of the molecule is CC(=O)Nc1nc(C(=O)Nc2ccccc2OC[C@H]2CCCO2)cs1. The Morgan fingerprint density at radius 3 is 2.96 bits per heavy atom.